The highest BCUT2D eigenvalue weighted by Gasteiger charge is 2.47. The van der Waals surface area contributed by atoms with E-state index < -0.39 is 5.41 Å². The van der Waals surface area contributed by atoms with Gasteiger partial charge in [-0.15, -0.1) is 0 Å². The second-order valence-electron chi connectivity index (χ2n) is 9.85. The van der Waals surface area contributed by atoms with Crippen LogP contribution in [0.15, 0.2) is 61.1 Å². The van der Waals surface area contributed by atoms with Crippen LogP contribution in [0.2, 0.25) is 0 Å². The van der Waals surface area contributed by atoms with E-state index in [2.05, 4.69) is 31.9 Å². The Hall–Kier alpha value is -3.63. The summed E-state index contributed by atoms with van der Waals surface area (Å²) in [6.45, 7) is 3.00. The zero-order valence-corrected chi connectivity index (χ0v) is 20.8. The number of para-hydroxylation sites is 1. The third kappa shape index (κ3) is 4.61. The second kappa shape index (κ2) is 10.5. The summed E-state index contributed by atoms with van der Waals surface area (Å²) in [4.78, 5) is 26.1. The molecule has 186 valence electrons. The predicted octanol–water partition coefficient (Wildman–Crippen LogP) is 4.23. The Balaban J connectivity index is 1.32. The Bertz CT molecular complexity index is 1200. The molecule has 0 bridgehead atoms. The second-order valence-corrected chi connectivity index (χ2v) is 9.85. The summed E-state index contributed by atoms with van der Waals surface area (Å²) in [5.74, 6) is 1.06. The number of rotatable bonds is 7. The fourth-order valence-electron chi connectivity index (χ4n) is 5.98. The molecule has 2 heterocycles. The maximum Gasteiger partial charge on any atom is 0.233 e. The Kier molecular flexibility index (Phi) is 7.06. The van der Waals surface area contributed by atoms with Crippen LogP contribution in [0.3, 0.4) is 0 Å². The molecule has 1 atom stereocenters. The van der Waals surface area contributed by atoms with Gasteiger partial charge in [-0.25, -0.2) is 4.98 Å². The van der Waals surface area contributed by atoms with Crippen LogP contribution < -0.4 is 4.74 Å². The van der Waals surface area contributed by atoms with Gasteiger partial charge in [-0.05, 0) is 43.0 Å². The highest BCUT2D eigenvalue weighted by molar-refractivity contribution is 5.89. The molecular formula is C29H33N5O2. The van der Waals surface area contributed by atoms with Crippen LogP contribution in [0.5, 0.6) is 5.75 Å². The quantitative estimate of drug-likeness (QED) is 0.544. The summed E-state index contributed by atoms with van der Waals surface area (Å²) >= 11 is 0. The van der Waals surface area contributed by atoms with E-state index in [9.17, 15) is 4.79 Å². The molecule has 1 aliphatic heterocycles. The first kappa shape index (κ1) is 24.1. The van der Waals surface area contributed by atoms with Crippen LogP contribution in [-0.4, -0.2) is 59.0 Å². The monoisotopic (exact) mass is 483 g/mol. The van der Waals surface area contributed by atoms with E-state index in [4.69, 9.17) is 10.00 Å². The molecule has 1 saturated carbocycles. The molecule has 5 rings (SSSR count). The first-order valence-electron chi connectivity index (χ1n) is 12.8. The third-order valence-corrected chi connectivity index (χ3v) is 7.92. The number of H-pyrrole nitrogens is 1. The maximum atomic E-state index is 14.1. The molecule has 1 saturated heterocycles. The lowest BCUT2D eigenvalue weighted by molar-refractivity contribution is -0.139. The summed E-state index contributed by atoms with van der Waals surface area (Å²) in [6.07, 6.45) is 8.31. The minimum absolute atomic E-state index is 0.132. The topological polar surface area (TPSA) is 85.2 Å². The standard InChI is InChI=1S/C29H33N5O2/c1-36-27-7-3-2-6-24(27)29(12-4-5-13-29)28(35)34-16-14-33(15-17-34)26(25-20-31-21-32-25)18-22-8-10-23(19-30)11-9-22/h2-3,6-11,20-21,26H,4-5,12-18H2,1H3,(H,31,32). The molecule has 7 heteroatoms. The molecular weight excluding hydrogens is 450 g/mol. The van der Waals surface area contributed by atoms with Gasteiger partial charge in [0.2, 0.25) is 5.91 Å². The average molecular weight is 484 g/mol. The van der Waals surface area contributed by atoms with Crippen molar-refractivity contribution in [2.75, 3.05) is 33.3 Å². The molecule has 7 nitrogen and oxygen atoms in total. The van der Waals surface area contributed by atoms with Gasteiger partial charge in [0.15, 0.2) is 0 Å². The molecule has 2 fully saturated rings. The van der Waals surface area contributed by atoms with E-state index in [1.54, 1.807) is 13.4 Å². The van der Waals surface area contributed by atoms with E-state index in [1.165, 1.54) is 5.56 Å². The van der Waals surface area contributed by atoms with Crippen molar-refractivity contribution in [3.8, 4) is 11.8 Å². The highest BCUT2D eigenvalue weighted by Crippen LogP contribution is 2.46. The number of hydrogen-bond donors (Lipinski definition) is 1. The van der Waals surface area contributed by atoms with Crippen molar-refractivity contribution in [1.82, 2.24) is 19.8 Å². The first-order chi connectivity index (χ1) is 17.6. The fraction of sp³-hybridized carbons (Fsp3) is 0.414. The van der Waals surface area contributed by atoms with Crippen LogP contribution >= 0.6 is 0 Å². The molecule has 0 spiro atoms. The number of carbonyl (C=O) groups excluding carboxylic acids is 1. The number of benzene rings is 2. The molecule has 1 aliphatic carbocycles. The molecule has 1 unspecified atom stereocenters. The molecule has 2 aliphatic rings. The number of nitrogens with one attached hydrogen (secondary N) is 1. The van der Waals surface area contributed by atoms with Gasteiger partial charge in [-0.2, -0.15) is 5.26 Å². The van der Waals surface area contributed by atoms with Gasteiger partial charge in [0.05, 0.1) is 42.2 Å². The Morgan fingerprint density at radius 3 is 2.47 bits per heavy atom. The van der Waals surface area contributed by atoms with Gasteiger partial charge >= 0.3 is 0 Å². The minimum Gasteiger partial charge on any atom is -0.496 e. The van der Waals surface area contributed by atoms with Crippen molar-refractivity contribution in [1.29, 1.82) is 5.26 Å². The Morgan fingerprint density at radius 1 is 1.11 bits per heavy atom. The molecule has 1 aromatic heterocycles. The zero-order chi connectivity index (χ0) is 25.0. The normalized spacial score (nSPS) is 18.5. The van der Waals surface area contributed by atoms with E-state index >= 15 is 0 Å². The SMILES string of the molecule is COc1ccccc1C1(C(=O)N2CCN(C(Cc3ccc(C#N)cc3)c3cnc[nH]3)CC2)CCCC1. The van der Waals surface area contributed by atoms with Crippen LogP contribution in [0.1, 0.15) is 54.1 Å². The van der Waals surface area contributed by atoms with Crippen molar-refractivity contribution < 1.29 is 9.53 Å². The summed E-state index contributed by atoms with van der Waals surface area (Å²) in [6, 6.07) is 18.1. The summed E-state index contributed by atoms with van der Waals surface area (Å²) in [5.41, 5.74) is 3.46. The number of nitrogens with zero attached hydrogens (tertiary/aromatic N) is 4. The molecule has 36 heavy (non-hydrogen) atoms. The van der Waals surface area contributed by atoms with Crippen molar-refractivity contribution >= 4 is 5.91 Å². The van der Waals surface area contributed by atoms with Crippen molar-refractivity contribution in [3.05, 3.63) is 83.4 Å². The molecule has 1 N–H and O–H groups in total. The summed E-state index contributed by atoms with van der Waals surface area (Å²) in [7, 11) is 1.69. The van der Waals surface area contributed by atoms with E-state index in [-0.39, 0.29) is 11.9 Å². The number of hydrogen-bond acceptors (Lipinski definition) is 5. The number of methoxy groups -OCH3 is 1. The van der Waals surface area contributed by atoms with Crippen LogP contribution in [0, 0.1) is 11.3 Å². The number of imidazole rings is 1. The maximum absolute atomic E-state index is 14.1. The van der Waals surface area contributed by atoms with Gasteiger partial charge in [-0.1, -0.05) is 43.2 Å². The minimum atomic E-state index is -0.486. The van der Waals surface area contributed by atoms with E-state index in [0.29, 0.717) is 18.7 Å². The van der Waals surface area contributed by atoms with Gasteiger partial charge in [0.25, 0.3) is 0 Å². The van der Waals surface area contributed by atoms with Gasteiger partial charge in [0.1, 0.15) is 5.75 Å². The van der Waals surface area contributed by atoms with Crippen LogP contribution in [0.25, 0.3) is 0 Å². The van der Waals surface area contributed by atoms with Crippen LogP contribution in [-0.2, 0) is 16.6 Å². The van der Waals surface area contributed by atoms with Gasteiger partial charge in [-0.3, -0.25) is 9.69 Å². The van der Waals surface area contributed by atoms with E-state index in [1.807, 2.05) is 48.7 Å². The smallest absolute Gasteiger partial charge is 0.233 e. The Morgan fingerprint density at radius 2 is 1.83 bits per heavy atom. The number of nitriles is 1. The predicted molar refractivity (Wildman–Crippen MR) is 137 cm³/mol. The molecule has 0 radical (unpaired) electrons. The molecule has 1 amide bonds. The number of carbonyl (C=O) groups is 1. The van der Waals surface area contributed by atoms with Gasteiger partial charge in [0, 0.05) is 37.9 Å². The van der Waals surface area contributed by atoms with E-state index in [0.717, 1.165) is 62.2 Å². The van der Waals surface area contributed by atoms with Crippen molar-refractivity contribution in [2.45, 2.75) is 43.6 Å². The van der Waals surface area contributed by atoms with Crippen molar-refractivity contribution in [3.63, 3.8) is 0 Å². The lowest BCUT2D eigenvalue weighted by Gasteiger charge is -2.42. The number of piperazine rings is 1. The highest BCUT2D eigenvalue weighted by atomic mass is 16.5. The zero-order valence-electron chi connectivity index (χ0n) is 20.8. The lowest BCUT2D eigenvalue weighted by Crippen LogP contribution is -2.54. The molecule has 3 aromatic rings. The van der Waals surface area contributed by atoms with Crippen molar-refractivity contribution in [2.24, 2.45) is 0 Å². The number of ether oxygens (including phenoxy) is 1. The Labute approximate surface area is 212 Å². The van der Waals surface area contributed by atoms with Crippen LogP contribution in [0.4, 0.5) is 0 Å². The first-order valence-corrected chi connectivity index (χ1v) is 12.8. The molecule has 2 aromatic carbocycles. The number of amides is 1. The summed E-state index contributed by atoms with van der Waals surface area (Å²) in [5, 5.41) is 9.12. The van der Waals surface area contributed by atoms with Gasteiger partial charge < -0.3 is 14.6 Å². The lowest BCUT2D eigenvalue weighted by atomic mass is 9.76. The third-order valence-electron chi connectivity index (χ3n) is 7.92. The number of aromatic amines is 1. The summed E-state index contributed by atoms with van der Waals surface area (Å²) < 4.78 is 5.68. The average Bonchev–Trinajstić information content (AvgIpc) is 3.65. The fourth-order valence-corrected chi connectivity index (χ4v) is 5.98. The largest absolute Gasteiger partial charge is 0.496 e. The number of aromatic nitrogens is 2.